The Balaban J connectivity index is 1.53. The SMILES string of the molecule is CN1[C@@H]2CC[C@H]1C[C@@H](OC(=O)Cc1ccccc1)C2. The van der Waals surface area contributed by atoms with Gasteiger partial charge in [0.15, 0.2) is 0 Å². The highest BCUT2D eigenvalue weighted by atomic mass is 16.5. The summed E-state index contributed by atoms with van der Waals surface area (Å²) in [6, 6.07) is 11.1. The fourth-order valence-corrected chi connectivity index (χ4v) is 3.45. The molecule has 0 unspecified atom stereocenters. The zero-order valence-electron chi connectivity index (χ0n) is 11.4. The van der Waals surface area contributed by atoms with Crippen LogP contribution in [-0.4, -0.2) is 36.1 Å². The minimum absolute atomic E-state index is 0.0832. The molecule has 1 aromatic rings. The first kappa shape index (κ1) is 12.7. The molecule has 0 aliphatic carbocycles. The van der Waals surface area contributed by atoms with Crippen molar-refractivity contribution in [1.29, 1.82) is 0 Å². The summed E-state index contributed by atoms with van der Waals surface area (Å²) in [6.07, 6.45) is 5.05. The Morgan fingerprint density at radius 2 is 1.84 bits per heavy atom. The summed E-state index contributed by atoms with van der Waals surface area (Å²) < 4.78 is 5.66. The van der Waals surface area contributed by atoms with Crippen molar-refractivity contribution in [2.45, 2.75) is 50.3 Å². The van der Waals surface area contributed by atoms with Crippen LogP contribution in [0.1, 0.15) is 31.2 Å². The van der Waals surface area contributed by atoms with Crippen molar-refractivity contribution >= 4 is 5.97 Å². The highest BCUT2D eigenvalue weighted by Gasteiger charge is 2.39. The van der Waals surface area contributed by atoms with Gasteiger partial charge in [-0.25, -0.2) is 0 Å². The smallest absolute Gasteiger partial charge is 0.310 e. The van der Waals surface area contributed by atoms with Crippen LogP contribution in [0.3, 0.4) is 0 Å². The van der Waals surface area contributed by atoms with Crippen molar-refractivity contribution in [3.8, 4) is 0 Å². The predicted molar refractivity (Wildman–Crippen MR) is 73.8 cm³/mol. The molecule has 2 saturated heterocycles. The number of piperidine rings is 1. The van der Waals surface area contributed by atoms with Crippen molar-refractivity contribution in [1.82, 2.24) is 4.90 Å². The zero-order chi connectivity index (χ0) is 13.2. The van der Waals surface area contributed by atoms with E-state index in [1.807, 2.05) is 30.3 Å². The van der Waals surface area contributed by atoms with Crippen molar-refractivity contribution in [2.24, 2.45) is 0 Å². The highest BCUT2D eigenvalue weighted by molar-refractivity contribution is 5.72. The van der Waals surface area contributed by atoms with Crippen LogP contribution in [0.15, 0.2) is 30.3 Å². The Morgan fingerprint density at radius 1 is 1.21 bits per heavy atom. The van der Waals surface area contributed by atoms with Gasteiger partial charge in [-0.2, -0.15) is 0 Å². The van der Waals surface area contributed by atoms with Gasteiger partial charge in [-0.15, -0.1) is 0 Å². The van der Waals surface area contributed by atoms with Gasteiger partial charge in [-0.1, -0.05) is 30.3 Å². The van der Waals surface area contributed by atoms with E-state index < -0.39 is 0 Å². The third kappa shape index (κ3) is 2.81. The summed E-state index contributed by atoms with van der Waals surface area (Å²) in [5, 5.41) is 0. The number of hydrogen-bond acceptors (Lipinski definition) is 3. The average Bonchev–Trinajstić information content (AvgIpc) is 2.63. The van der Waals surface area contributed by atoms with Crippen LogP contribution in [0.4, 0.5) is 0 Å². The van der Waals surface area contributed by atoms with E-state index in [1.165, 1.54) is 12.8 Å². The lowest BCUT2D eigenvalue weighted by atomic mass is 10.0. The maximum atomic E-state index is 12.0. The molecule has 0 amide bonds. The molecule has 19 heavy (non-hydrogen) atoms. The summed E-state index contributed by atoms with van der Waals surface area (Å²) in [6.45, 7) is 0. The minimum atomic E-state index is -0.0832. The first-order valence-corrected chi connectivity index (χ1v) is 7.17. The molecule has 2 aliphatic rings. The van der Waals surface area contributed by atoms with Crippen molar-refractivity contribution in [2.75, 3.05) is 7.05 Å². The first-order valence-electron chi connectivity index (χ1n) is 7.17. The second kappa shape index (κ2) is 5.33. The van der Waals surface area contributed by atoms with E-state index in [0.717, 1.165) is 18.4 Å². The lowest BCUT2D eigenvalue weighted by molar-refractivity contribution is -0.151. The van der Waals surface area contributed by atoms with Gasteiger partial charge in [0.1, 0.15) is 6.10 Å². The van der Waals surface area contributed by atoms with E-state index in [-0.39, 0.29) is 12.1 Å². The van der Waals surface area contributed by atoms with Gasteiger partial charge in [-0.3, -0.25) is 4.79 Å². The molecule has 3 rings (SSSR count). The summed E-state index contributed by atoms with van der Waals surface area (Å²) in [4.78, 5) is 14.4. The van der Waals surface area contributed by atoms with Crippen LogP contribution in [0, 0.1) is 0 Å². The van der Waals surface area contributed by atoms with Crippen LogP contribution in [0.5, 0.6) is 0 Å². The van der Waals surface area contributed by atoms with E-state index in [4.69, 9.17) is 4.74 Å². The second-order valence-corrected chi connectivity index (χ2v) is 5.80. The Bertz CT molecular complexity index is 431. The number of carbonyl (C=O) groups excluding carboxylic acids is 1. The van der Waals surface area contributed by atoms with E-state index in [1.54, 1.807) is 0 Å². The predicted octanol–water partition coefficient (Wildman–Crippen LogP) is 2.40. The molecule has 2 heterocycles. The van der Waals surface area contributed by atoms with Crippen LogP contribution in [0.25, 0.3) is 0 Å². The third-order valence-corrected chi connectivity index (χ3v) is 4.54. The standard InChI is InChI=1S/C16H21NO2/c1-17-13-7-8-14(17)11-15(10-13)19-16(18)9-12-5-3-2-4-6-12/h2-6,13-15H,7-11H2,1H3/t13-,14+,15+. The van der Waals surface area contributed by atoms with Crippen molar-refractivity contribution < 1.29 is 9.53 Å². The molecule has 2 bridgehead atoms. The van der Waals surface area contributed by atoms with Gasteiger partial charge in [0.2, 0.25) is 0 Å². The summed E-state index contributed by atoms with van der Waals surface area (Å²) in [7, 11) is 2.20. The van der Waals surface area contributed by atoms with Crippen LogP contribution in [0.2, 0.25) is 0 Å². The Hall–Kier alpha value is -1.35. The van der Waals surface area contributed by atoms with Crippen molar-refractivity contribution in [3.05, 3.63) is 35.9 Å². The number of fused-ring (bicyclic) bond motifs is 2. The van der Waals surface area contributed by atoms with Gasteiger partial charge in [0, 0.05) is 12.1 Å². The Labute approximate surface area is 114 Å². The molecule has 2 aliphatic heterocycles. The van der Waals surface area contributed by atoms with Crippen LogP contribution in [-0.2, 0) is 16.0 Å². The fourth-order valence-electron chi connectivity index (χ4n) is 3.45. The molecule has 102 valence electrons. The second-order valence-electron chi connectivity index (χ2n) is 5.80. The molecular formula is C16H21NO2. The summed E-state index contributed by atoms with van der Waals surface area (Å²) >= 11 is 0. The molecule has 3 heteroatoms. The van der Waals surface area contributed by atoms with Crippen molar-refractivity contribution in [3.63, 3.8) is 0 Å². The molecule has 0 N–H and O–H groups in total. The number of hydrogen-bond donors (Lipinski definition) is 0. The molecule has 1 aromatic carbocycles. The Morgan fingerprint density at radius 3 is 2.47 bits per heavy atom. The molecule has 2 fully saturated rings. The lowest BCUT2D eigenvalue weighted by Gasteiger charge is -2.35. The lowest BCUT2D eigenvalue weighted by Crippen LogP contribution is -2.43. The molecule has 0 radical (unpaired) electrons. The number of carbonyl (C=O) groups is 1. The maximum absolute atomic E-state index is 12.0. The number of ether oxygens (including phenoxy) is 1. The number of rotatable bonds is 3. The molecule has 0 spiro atoms. The number of nitrogens with zero attached hydrogens (tertiary/aromatic N) is 1. The zero-order valence-corrected chi connectivity index (χ0v) is 11.4. The highest BCUT2D eigenvalue weighted by Crippen LogP contribution is 2.35. The molecule has 0 saturated carbocycles. The number of esters is 1. The molecule has 3 nitrogen and oxygen atoms in total. The Kier molecular flexibility index (Phi) is 3.56. The van der Waals surface area contributed by atoms with Crippen LogP contribution >= 0.6 is 0 Å². The first-order chi connectivity index (χ1) is 9.22. The number of benzene rings is 1. The van der Waals surface area contributed by atoms with E-state index in [2.05, 4.69) is 11.9 Å². The van der Waals surface area contributed by atoms with E-state index in [9.17, 15) is 4.79 Å². The fraction of sp³-hybridized carbons (Fsp3) is 0.562. The summed E-state index contributed by atoms with van der Waals surface area (Å²) in [5.74, 6) is -0.0832. The van der Waals surface area contributed by atoms with E-state index in [0.29, 0.717) is 18.5 Å². The summed E-state index contributed by atoms with van der Waals surface area (Å²) in [5.41, 5.74) is 1.03. The minimum Gasteiger partial charge on any atom is -0.462 e. The largest absolute Gasteiger partial charge is 0.462 e. The third-order valence-electron chi connectivity index (χ3n) is 4.54. The van der Waals surface area contributed by atoms with Gasteiger partial charge < -0.3 is 9.64 Å². The van der Waals surface area contributed by atoms with Gasteiger partial charge in [-0.05, 0) is 38.3 Å². The maximum Gasteiger partial charge on any atom is 0.310 e. The van der Waals surface area contributed by atoms with E-state index >= 15 is 0 Å². The van der Waals surface area contributed by atoms with Gasteiger partial charge in [0.05, 0.1) is 6.42 Å². The van der Waals surface area contributed by atoms with Gasteiger partial charge in [0.25, 0.3) is 0 Å². The van der Waals surface area contributed by atoms with Crippen LogP contribution < -0.4 is 0 Å². The quantitative estimate of drug-likeness (QED) is 0.781. The monoisotopic (exact) mass is 259 g/mol. The average molecular weight is 259 g/mol. The molecular weight excluding hydrogens is 238 g/mol. The van der Waals surface area contributed by atoms with Gasteiger partial charge >= 0.3 is 5.97 Å². The molecule has 0 aromatic heterocycles. The topological polar surface area (TPSA) is 29.5 Å². The normalized spacial score (nSPS) is 30.3. The molecule has 3 atom stereocenters.